The van der Waals surface area contributed by atoms with Gasteiger partial charge in [0.1, 0.15) is 0 Å². The molecule has 2 amide bonds. The summed E-state index contributed by atoms with van der Waals surface area (Å²) in [6.45, 7) is 27.2. The van der Waals surface area contributed by atoms with Gasteiger partial charge in [-0.1, -0.05) is 290 Å². The number of carbonyl (C=O) groups is 2. The Bertz CT molecular complexity index is 3860. The van der Waals surface area contributed by atoms with E-state index in [2.05, 4.69) is 123 Å². The zero-order valence-electron chi connectivity index (χ0n) is 79.1. The van der Waals surface area contributed by atoms with Crippen molar-refractivity contribution in [3.63, 3.8) is 0 Å². The third-order valence-electron chi connectivity index (χ3n) is 25.3. The smallest absolute Gasteiger partial charge is 0.255 e. The molecule has 6 aromatic carbocycles. The van der Waals surface area contributed by atoms with E-state index >= 15 is 9.59 Å². The fraction of sp³-hybridized carbons (Fsp3) is 0.548. The zero-order valence-corrected chi connectivity index (χ0v) is 79.1. The molecule has 0 spiro atoms. The van der Waals surface area contributed by atoms with Gasteiger partial charge in [0.2, 0.25) is 11.5 Å². The molecule has 0 saturated carbocycles. The van der Waals surface area contributed by atoms with Crippen LogP contribution in [-0.4, -0.2) is 78.9 Å². The normalized spacial score (nSPS) is 13.3. The second kappa shape index (κ2) is 64.8. The number of aryl methyl sites for hydroxylation is 1. The Morgan fingerprint density at radius 3 is 0.929 bits per heavy atom. The van der Waals surface area contributed by atoms with Gasteiger partial charge in [0.25, 0.3) is 11.8 Å². The molecule has 0 fully saturated rings. The van der Waals surface area contributed by atoms with E-state index in [-0.39, 0.29) is 23.7 Å². The fourth-order valence-corrected chi connectivity index (χ4v) is 18.1. The molecule has 0 heterocycles. The van der Waals surface area contributed by atoms with Crippen LogP contribution in [0.15, 0.2) is 185 Å². The number of carbonyl (C=O) groups excluding carboxylic acids is 2. The summed E-state index contributed by atoms with van der Waals surface area (Å²) in [6.07, 6.45) is 68.5. The standard InChI is InChI=1S/C115H164N2O10/c1-9-15-21-27-33-39-45-51-60-78-122-106-84-94(85-107(123-79-61-52-46-40-34-28-22-16-10-2)112(106)126-82-64-55-49-43-37-31-25-19-13-5)114(118)116-96-74-76-99-102(88-96)111(101-73-67-71-93-70-66-72-98(110(93)101)92-68-58-57-59-69-92)103-89-97(75-77-100(103)105(91-121-8)104(99)90-120-7)117-115(119)95-86-108(124-80-62-53-47-41-35-29-23-17-11-3)113(127-83-65-56-50-44-38-32-26-20-14-6)109(87-95)125-81-63-54-48-42-36-30-24-18-12-4/h9-14,57-59,66,68-70,72,74-77,84-89,104-105H,1-6,15-56,60-65,67,71,73,78-83,90-91H2,7-8H3,(H,116,118)(H,117,119)/t104-,105-/m0/s1. The van der Waals surface area contributed by atoms with Crippen LogP contribution in [0.3, 0.4) is 0 Å². The van der Waals surface area contributed by atoms with Crippen LogP contribution < -0.4 is 39.1 Å². The molecule has 2 atom stereocenters. The Kier molecular flexibility index (Phi) is 52.9. The van der Waals surface area contributed by atoms with Crippen LogP contribution >= 0.6 is 0 Å². The topological polar surface area (TPSA) is 132 Å². The molecule has 2 aliphatic rings. The Morgan fingerprint density at radius 2 is 0.622 bits per heavy atom. The lowest BCUT2D eigenvalue weighted by Crippen LogP contribution is -2.21. The molecule has 6 aromatic rings. The van der Waals surface area contributed by atoms with E-state index in [9.17, 15) is 0 Å². The molecule has 12 nitrogen and oxygen atoms in total. The van der Waals surface area contributed by atoms with E-state index in [0.29, 0.717) is 110 Å². The molecule has 2 aliphatic carbocycles. The predicted octanol–water partition coefficient (Wildman–Crippen LogP) is 32.7. The monoisotopic (exact) mass is 1730 g/mol. The molecule has 0 unspecified atom stereocenters. The molecule has 8 rings (SSSR count). The summed E-state index contributed by atoms with van der Waals surface area (Å²) in [7, 11) is 3.56. The van der Waals surface area contributed by atoms with Gasteiger partial charge in [0.05, 0.1) is 52.9 Å². The average Bonchev–Trinajstić information content (AvgIpc) is 1.66. The van der Waals surface area contributed by atoms with Gasteiger partial charge in [-0.3, -0.25) is 9.59 Å². The van der Waals surface area contributed by atoms with Crippen molar-refractivity contribution < 1.29 is 47.5 Å². The average molecular weight is 1730 g/mol. The van der Waals surface area contributed by atoms with Crippen LogP contribution in [0.5, 0.6) is 34.5 Å². The summed E-state index contributed by atoms with van der Waals surface area (Å²) in [4.78, 5) is 31.5. The molecule has 0 saturated heterocycles. The van der Waals surface area contributed by atoms with Gasteiger partial charge < -0.3 is 48.5 Å². The van der Waals surface area contributed by atoms with Crippen LogP contribution in [0.25, 0.3) is 22.3 Å². The summed E-state index contributed by atoms with van der Waals surface area (Å²) in [6, 6.07) is 37.9. The van der Waals surface area contributed by atoms with Crippen LogP contribution in [0, 0.1) is 0 Å². The van der Waals surface area contributed by atoms with Crippen LogP contribution in [0.1, 0.15) is 387 Å². The van der Waals surface area contributed by atoms with Gasteiger partial charge in [-0.2, -0.15) is 0 Å². The highest BCUT2D eigenvalue weighted by Crippen LogP contribution is 2.53. The van der Waals surface area contributed by atoms with E-state index < -0.39 is 0 Å². The summed E-state index contributed by atoms with van der Waals surface area (Å²) < 4.78 is 53.8. The van der Waals surface area contributed by atoms with Crippen molar-refractivity contribution >= 4 is 34.3 Å². The number of fused-ring (bicyclic) bond motifs is 3. The number of benzene rings is 6. The molecule has 2 N–H and O–H groups in total. The number of methoxy groups -OCH3 is 2. The molecule has 127 heavy (non-hydrogen) atoms. The van der Waals surface area contributed by atoms with Crippen molar-refractivity contribution in [3.05, 3.63) is 230 Å². The van der Waals surface area contributed by atoms with Crippen LogP contribution in [-0.2, 0) is 15.9 Å². The Morgan fingerprint density at radius 1 is 0.323 bits per heavy atom. The number of unbranched alkanes of at least 4 members (excludes halogenated alkanes) is 42. The molecule has 12 heteroatoms. The summed E-state index contributed by atoms with van der Waals surface area (Å²) in [5.41, 5.74) is 13.2. The lowest BCUT2D eigenvalue weighted by atomic mass is 9.77. The number of allylic oxidation sites excluding steroid dienone is 7. The lowest BCUT2D eigenvalue weighted by molar-refractivity contribution is 0.101. The number of rotatable bonds is 75. The van der Waals surface area contributed by atoms with E-state index in [4.69, 9.17) is 37.9 Å². The van der Waals surface area contributed by atoms with Crippen molar-refractivity contribution in [3.8, 4) is 45.6 Å². The first-order valence-corrected chi connectivity index (χ1v) is 50.3. The first-order valence-electron chi connectivity index (χ1n) is 50.3. The fourth-order valence-electron chi connectivity index (χ4n) is 18.1. The maximum atomic E-state index is 15.8. The van der Waals surface area contributed by atoms with Crippen molar-refractivity contribution in [2.75, 3.05) is 77.7 Å². The maximum absolute atomic E-state index is 15.8. The quantitative estimate of drug-likeness (QED) is 0.0281. The number of amides is 2. The lowest BCUT2D eigenvalue weighted by Gasteiger charge is -2.28. The molecule has 0 aromatic heterocycles. The Balaban J connectivity index is 1.21. The summed E-state index contributed by atoms with van der Waals surface area (Å²) in [5, 5.41) is 6.95. The second-order valence-corrected chi connectivity index (χ2v) is 35.6. The van der Waals surface area contributed by atoms with Crippen molar-refractivity contribution in [2.45, 2.75) is 339 Å². The van der Waals surface area contributed by atoms with Crippen LogP contribution in [0.4, 0.5) is 11.4 Å². The number of hydrogen-bond acceptors (Lipinski definition) is 10. The SMILES string of the molecule is C=CCCCCCCCCCOc1cc(C(=O)Nc2ccc3c(c2)C(=C2CCCc4cccc(-c5ccccc5)c42)c2cc(NC(=O)c4cc(OCCCCCCCCCC=C)c(OCCCCCCCCCC=C)c(OCCCCCCCCCC=C)c4)ccc2[C@H](COC)[C@H]3COC)cc(OCCCCCCCCCC=C)c1OCCCCCCCCCC=C. The molecular formula is C115H164N2O10. The first-order chi connectivity index (χ1) is 62.7. The highest BCUT2D eigenvalue weighted by atomic mass is 16.5. The third-order valence-corrected chi connectivity index (χ3v) is 25.3. The van der Waals surface area contributed by atoms with Gasteiger partial charge >= 0.3 is 0 Å². The third kappa shape index (κ3) is 37.6. The molecule has 0 radical (unpaired) electrons. The molecule has 694 valence electrons. The van der Waals surface area contributed by atoms with E-state index in [1.54, 1.807) is 14.2 Å². The molecular weight excluding hydrogens is 1570 g/mol. The van der Waals surface area contributed by atoms with Gasteiger partial charge in [0, 0.05) is 48.6 Å². The first kappa shape index (κ1) is 104. The number of nitrogens with one attached hydrogen (secondary N) is 2. The highest BCUT2D eigenvalue weighted by Gasteiger charge is 2.37. The molecule has 0 bridgehead atoms. The zero-order chi connectivity index (χ0) is 89.6. The Labute approximate surface area is 769 Å². The van der Waals surface area contributed by atoms with Gasteiger partial charge in [-0.05, 0) is 239 Å². The predicted molar refractivity (Wildman–Crippen MR) is 537 cm³/mol. The maximum Gasteiger partial charge on any atom is 0.255 e. The van der Waals surface area contributed by atoms with Crippen molar-refractivity contribution in [1.29, 1.82) is 0 Å². The summed E-state index contributed by atoms with van der Waals surface area (Å²) in [5.74, 6) is 2.22. The Hall–Kier alpha value is -8.84. The van der Waals surface area contributed by atoms with Crippen molar-refractivity contribution in [1.82, 2.24) is 0 Å². The minimum atomic E-state index is -0.296. The van der Waals surface area contributed by atoms with Crippen LogP contribution in [0.2, 0.25) is 0 Å². The van der Waals surface area contributed by atoms with E-state index in [1.165, 1.54) is 171 Å². The van der Waals surface area contributed by atoms with Gasteiger partial charge in [0.15, 0.2) is 23.0 Å². The number of hydrogen-bond donors (Lipinski definition) is 2. The van der Waals surface area contributed by atoms with Gasteiger partial charge in [-0.15, -0.1) is 39.5 Å². The molecule has 0 aliphatic heterocycles. The highest BCUT2D eigenvalue weighted by molar-refractivity contribution is 6.09. The summed E-state index contributed by atoms with van der Waals surface area (Å²) >= 11 is 0. The largest absolute Gasteiger partial charge is 0.490 e. The van der Waals surface area contributed by atoms with Crippen molar-refractivity contribution in [2.24, 2.45) is 0 Å². The van der Waals surface area contributed by atoms with E-state index in [0.717, 1.165) is 212 Å². The minimum absolute atomic E-state index is 0.201. The second-order valence-electron chi connectivity index (χ2n) is 35.6. The minimum Gasteiger partial charge on any atom is -0.490 e. The van der Waals surface area contributed by atoms with E-state index in [1.807, 2.05) is 72.9 Å². The number of anilines is 2. The number of ether oxygens (including phenoxy) is 8. The van der Waals surface area contributed by atoms with Gasteiger partial charge in [-0.25, -0.2) is 0 Å².